The molecule has 0 aromatic carbocycles. The zero-order chi connectivity index (χ0) is 9.73. The predicted molar refractivity (Wildman–Crippen MR) is 46.1 cm³/mol. The molecular formula is C8H13NO4. The molecule has 74 valence electrons. The minimum atomic E-state index is -0.653. The fourth-order valence-corrected chi connectivity index (χ4v) is 1.24. The second kappa shape index (κ2) is 4.34. The number of hydrogen-bond acceptors (Lipinski definition) is 4. The lowest BCUT2D eigenvalue weighted by atomic mass is 9.90. The Hall–Kier alpha value is -0.940. The molecule has 0 aromatic rings. The molecule has 0 radical (unpaired) electrons. The van der Waals surface area contributed by atoms with Gasteiger partial charge in [0.05, 0.1) is 31.8 Å². The number of nitrogens with zero attached hydrogens (tertiary/aromatic N) is 1. The largest absolute Gasteiger partial charge is 0.378 e. The summed E-state index contributed by atoms with van der Waals surface area (Å²) in [4.78, 5) is 10.0. The summed E-state index contributed by atoms with van der Waals surface area (Å²) >= 11 is 0. The third-order valence-corrected chi connectivity index (χ3v) is 2.03. The van der Waals surface area contributed by atoms with E-state index >= 15 is 0 Å². The second-order valence-electron chi connectivity index (χ2n) is 3.16. The van der Waals surface area contributed by atoms with E-state index in [1.54, 1.807) is 6.08 Å². The molecule has 0 spiro atoms. The minimum Gasteiger partial charge on any atom is -0.378 e. The highest BCUT2D eigenvalue weighted by Crippen LogP contribution is 2.22. The van der Waals surface area contributed by atoms with Crippen LogP contribution < -0.4 is 0 Å². The van der Waals surface area contributed by atoms with Gasteiger partial charge in [0.15, 0.2) is 0 Å². The molecule has 0 bridgehead atoms. The topological polar surface area (TPSA) is 61.6 Å². The van der Waals surface area contributed by atoms with Crippen LogP contribution in [0.15, 0.2) is 12.7 Å². The van der Waals surface area contributed by atoms with Crippen LogP contribution in [-0.2, 0) is 9.47 Å². The molecule has 1 aliphatic rings. The van der Waals surface area contributed by atoms with Crippen LogP contribution in [-0.4, -0.2) is 37.9 Å². The molecule has 1 saturated heterocycles. The zero-order valence-corrected chi connectivity index (χ0v) is 7.40. The molecule has 13 heavy (non-hydrogen) atoms. The van der Waals surface area contributed by atoms with Gasteiger partial charge in [-0.2, -0.15) is 0 Å². The molecule has 0 aliphatic carbocycles. The molecule has 1 fully saturated rings. The molecule has 1 aliphatic heterocycles. The Morgan fingerprint density at radius 3 is 2.38 bits per heavy atom. The minimum absolute atomic E-state index is 0.184. The van der Waals surface area contributed by atoms with Crippen LogP contribution in [0.2, 0.25) is 0 Å². The number of rotatable bonds is 3. The van der Waals surface area contributed by atoms with Crippen LogP contribution in [0.1, 0.15) is 0 Å². The maximum Gasteiger partial charge on any atom is 0.217 e. The van der Waals surface area contributed by atoms with Crippen LogP contribution in [0.5, 0.6) is 0 Å². The summed E-state index contributed by atoms with van der Waals surface area (Å²) < 4.78 is 10.4. The van der Waals surface area contributed by atoms with Crippen molar-refractivity contribution in [2.45, 2.75) is 0 Å². The van der Waals surface area contributed by atoms with E-state index in [4.69, 9.17) is 9.47 Å². The van der Waals surface area contributed by atoms with E-state index in [0.29, 0.717) is 26.4 Å². The van der Waals surface area contributed by atoms with Gasteiger partial charge in [-0.3, -0.25) is 10.1 Å². The highest BCUT2D eigenvalue weighted by Gasteiger charge is 2.34. The number of ether oxygens (including phenoxy) is 2. The first-order valence-electron chi connectivity index (χ1n) is 4.09. The molecule has 0 atom stereocenters. The van der Waals surface area contributed by atoms with Gasteiger partial charge in [0, 0.05) is 4.92 Å². The monoisotopic (exact) mass is 187 g/mol. The van der Waals surface area contributed by atoms with Crippen LogP contribution in [0.3, 0.4) is 0 Å². The van der Waals surface area contributed by atoms with Crippen molar-refractivity contribution in [2.24, 2.45) is 5.41 Å². The summed E-state index contributed by atoms with van der Waals surface area (Å²) in [7, 11) is 0. The fourth-order valence-electron chi connectivity index (χ4n) is 1.24. The smallest absolute Gasteiger partial charge is 0.217 e. The van der Waals surface area contributed by atoms with Gasteiger partial charge in [0.2, 0.25) is 6.54 Å². The van der Waals surface area contributed by atoms with Crippen molar-refractivity contribution in [3.63, 3.8) is 0 Å². The van der Waals surface area contributed by atoms with Crippen LogP contribution >= 0.6 is 0 Å². The fraction of sp³-hybridized carbons (Fsp3) is 0.750. The van der Waals surface area contributed by atoms with E-state index in [1.165, 1.54) is 0 Å². The molecule has 1 heterocycles. The summed E-state index contributed by atoms with van der Waals surface area (Å²) in [6, 6.07) is 0. The Morgan fingerprint density at radius 2 is 2.00 bits per heavy atom. The summed E-state index contributed by atoms with van der Waals surface area (Å²) in [5, 5.41) is 10.4. The number of nitro groups is 1. The maximum absolute atomic E-state index is 10.4. The Balaban J connectivity index is 2.64. The highest BCUT2D eigenvalue weighted by molar-refractivity contribution is 4.95. The van der Waals surface area contributed by atoms with Gasteiger partial charge in [-0.05, 0) is 0 Å². The molecule has 0 amide bonds. The van der Waals surface area contributed by atoms with Crippen molar-refractivity contribution >= 4 is 0 Å². The lowest BCUT2D eigenvalue weighted by Gasteiger charge is -2.22. The zero-order valence-electron chi connectivity index (χ0n) is 7.40. The van der Waals surface area contributed by atoms with Crippen LogP contribution in [0.25, 0.3) is 0 Å². The second-order valence-corrected chi connectivity index (χ2v) is 3.16. The Bertz CT molecular complexity index is 196. The van der Waals surface area contributed by atoms with Gasteiger partial charge in [-0.15, -0.1) is 6.58 Å². The molecule has 0 unspecified atom stereocenters. The van der Waals surface area contributed by atoms with E-state index < -0.39 is 5.41 Å². The van der Waals surface area contributed by atoms with Gasteiger partial charge in [0.25, 0.3) is 0 Å². The maximum atomic E-state index is 10.4. The molecule has 5 nitrogen and oxygen atoms in total. The third-order valence-electron chi connectivity index (χ3n) is 2.03. The van der Waals surface area contributed by atoms with Gasteiger partial charge < -0.3 is 9.47 Å². The van der Waals surface area contributed by atoms with E-state index in [9.17, 15) is 10.1 Å². The van der Waals surface area contributed by atoms with E-state index in [2.05, 4.69) is 6.58 Å². The average Bonchev–Trinajstić information content (AvgIpc) is 2.30. The van der Waals surface area contributed by atoms with Crippen molar-refractivity contribution in [3.05, 3.63) is 22.8 Å². The van der Waals surface area contributed by atoms with Crippen LogP contribution in [0.4, 0.5) is 0 Å². The SMILES string of the molecule is C=CC1(C[N+](=O)[O-])COCCOC1. The van der Waals surface area contributed by atoms with Gasteiger partial charge in [-0.25, -0.2) is 0 Å². The Labute approximate surface area is 76.5 Å². The van der Waals surface area contributed by atoms with E-state index in [-0.39, 0.29) is 11.5 Å². The standard InChI is InChI=1S/C8H13NO4/c1-2-8(5-9(10)11)6-12-3-4-13-7-8/h2H,1,3-7H2. The van der Waals surface area contributed by atoms with Gasteiger partial charge in [0.1, 0.15) is 0 Å². The van der Waals surface area contributed by atoms with Crippen molar-refractivity contribution in [2.75, 3.05) is 33.0 Å². The Morgan fingerprint density at radius 1 is 1.46 bits per heavy atom. The molecule has 0 saturated carbocycles. The van der Waals surface area contributed by atoms with Crippen molar-refractivity contribution in [1.82, 2.24) is 0 Å². The molecule has 0 N–H and O–H groups in total. The molecular weight excluding hydrogens is 174 g/mol. The van der Waals surface area contributed by atoms with Crippen molar-refractivity contribution in [1.29, 1.82) is 0 Å². The van der Waals surface area contributed by atoms with Crippen molar-refractivity contribution < 1.29 is 14.4 Å². The Kier molecular flexibility index (Phi) is 3.39. The van der Waals surface area contributed by atoms with Gasteiger partial charge in [-0.1, -0.05) is 6.08 Å². The summed E-state index contributed by atoms with van der Waals surface area (Å²) in [5.74, 6) is 0. The molecule has 1 rings (SSSR count). The van der Waals surface area contributed by atoms with Gasteiger partial charge >= 0.3 is 0 Å². The normalized spacial score (nSPS) is 21.8. The summed E-state index contributed by atoms with van der Waals surface area (Å²) in [5.41, 5.74) is -0.653. The highest BCUT2D eigenvalue weighted by atomic mass is 16.6. The third kappa shape index (κ3) is 2.78. The molecule has 0 aromatic heterocycles. The molecule has 5 heteroatoms. The summed E-state index contributed by atoms with van der Waals surface area (Å²) in [6.07, 6.45) is 1.56. The summed E-state index contributed by atoms with van der Waals surface area (Å²) in [6.45, 7) is 5.02. The predicted octanol–water partition coefficient (Wildman–Crippen LogP) is 0.482. The quantitative estimate of drug-likeness (QED) is 0.366. The van der Waals surface area contributed by atoms with Crippen molar-refractivity contribution in [3.8, 4) is 0 Å². The lowest BCUT2D eigenvalue weighted by molar-refractivity contribution is -0.496. The first-order valence-corrected chi connectivity index (χ1v) is 4.09. The lowest BCUT2D eigenvalue weighted by Crippen LogP contribution is -2.35. The van der Waals surface area contributed by atoms with E-state index in [0.717, 1.165) is 0 Å². The average molecular weight is 187 g/mol. The van der Waals surface area contributed by atoms with E-state index in [1.807, 2.05) is 0 Å². The van der Waals surface area contributed by atoms with Crippen LogP contribution in [0, 0.1) is 15.5 Å². The number of hydrogen-bond donors (Lipinski definition) is 0. The first kappa shape index (κ1) is 10.1. The first-order chi connectivity index (χ1) is 6.18.